The van der Waals surface area contributed by atoms with Crippen LogP contribution >= 0.6 is 0 Å². The van der Waals surface area contributed by atoms with E-state index < -0.39 is 60.7 Å². The van der Waals surface area contributed by atoms with E-state index in [0.717, 1.165) is 32.1 Å². The maximum Gasteiger partial charge on any atom is 0.185 e. The third kappa shape index (κ3) is 11.5. The van der Waals surface area contributed by atoms with Gasteiger partial charge < -0.3 is 56.4 Å². The van der Waals surface area contributed by atoms with E-state index >= 15 is 0 Å². The molecule has 1 aliphatic carbocycles. The van der Waals surface area contributed by atoms with Crippen LogP contribution in [0.1, 0.15) is 86.5 Å². The van der Waals surface area contributed by atoms with Gasteiger partial charge in [0.05, 0.1) is 30.8 Å². The second kappa shape index (κ2) is 19.2. The Labute approximate surface area is 288 Å². The Morgan fingerprint density at radius 3 is 2.29 bits per heavy atom. The molecule has 0 aromatic carbocycles. The molecule has 276 valence electrons. The number of nitrogens with zero attached hydrogens (tertiary/aromatic N) is 1. The molecule has 12 heteroatoms. The Kier molecular flexibility index (Phi) is 16.3. The van der Waals surface area contributed by atoms with Crippen LogP contribution in [0, 0.1) is 0 Å². The minimum absolute atomic E-state index is 0.0724. The Morgan fingerprint density at radius 2 is 1.62 bits per heavy atom. The lowest BCUT2D eigenvalue weighted by molar-refractivity contribution is -0.307. The summed E-state index contributed by atoms with van der Waals surface area (Å²) in [5.41, 5.74) is 15.6. The van der Waals surface area contributed by atoms with Gasteiger partial charge >= 0.3 is 0 Å². The van der Waals surface area contributed by atoms with Gasteiger partial charge in [0.1, 0.15) is 30.0 Å². The molecule has 2 aliphatic heterocycles. The predicted octanol–water partition coefficient (Wildman–Crippen LogP) is 2.20. The van der Waals surface area contributed by atoms with Crippen molar-refractivity contribution in [3.8, 4) is 0 Å². The summed E-state index contributed by atoms with van der Waals surface area (Å²) in [5, 5.41) is 39.8. The molecule has 0 radical (unpaired) electrons. The molecule has 13 unspecified atom stereocenters. The van der Waals surface area contributed by atoms with E-state index in [1.54, 1.807) is 20.2 Å². The van der Waals surface area contributed by atoms with E-state index in [2.05, 4.69) is 50.5 Å². The van der Waals surface area contributed by atoms with Crippen molar-refractivity contribution in [3.63, 3.8) is 0 Å². The average molecular weight is 680 g/mol. The van der Waals surface area contributed by atoms with Gasteiger partial charge in [0.25, 0.3) is 0 Å². The molecule has 0 aromatic heterocycles. The van der Waals surface area contributed by atoms with Gasteiger partial charge in [-0.3, -0.25) is 4.99 Å². The van der Waals surface area contributed by atoms with Gasteiger partial charge in [-0.25, -0.2) is 0 Å². The van der Waals surface area contributed by atoms with Gasteiger partial charge in [-0.15, -0.1) is 0 Å². The van der Waals surface area contributed by atoms with Crippen LogP contribution in [0.25, 0.3) is 0 Å². The molecular formula is C36H65N5O7. The van der Waals surface area contributed by atoms with Crippen LogP contribution in [0.15, 0.2) is 39.9 Å². The Bertz CT molecular complexity index is 1110. The zero-order valence-electron chi connectivity index (χ0n) is 30.5. The van der Waals surface area contributed by atoms with Crippen molar-refractivity contribution in [1.29, 1.82) is 0 Å². The zero-order chi connectivity index (χ0) is 35.6. The van der Waals surface area contributed by atoms with Crippen molar-refractivity contribution >= 4 is 6.21 Å². The number of aliphatic hydroxyl groups is 3. The first-order valence-electron chi connectivity index (χ1n) is 17.7. The number of allylic oxidation sites excluding steroid dienone is 6. The smallest absolute Gasteiger partial charge is 0.185 e. The molecule has 9 N–H and O–H groups in total. The van der Waals surface area contributed by atoms with Crippen LogP contribution in [0.5, 0.6) is 0 Å². The van der Waals surface area contributed by atoms with E-state index in [9.17, 15) is 15.3 Å². The molecule has 48 heavy (non-hydrogen) atoms. The van der Waals surface area contributed by atoms with Crippen LogP contribution in [0.2, 0.25) is 0 Å². The molecule has 3 aliphatic rings. The van der Waals surface area contributed by atoms with Crippen molar-refractivity contribution in [2.24, 2.45) is 16.5 Å². The molecule has 13 atom stereocenters. The molecule has 2 heterocycles. The van der Waals surface area contributed by atoms with Gasteiger partial charge in [-0.1, -0.05) is 28.9 Å². The minimum Gasteiger partial charge on any atom is -0.388 e. The average Bonchev–Trinajstić information content (AvgIpc) is 3.02. The lowest BCUT2D eigenvalue weighted by atomic mass is 9.83. The van der Waals surface area contributed by atoms with Crippen LogP contribution < -0.4 is 22.1 Å². The fourth-order valence-electron chi connectivity index (χ4n) is 6.71. The van der Waals surface area contributed by atoms with E-state index in [1.807, 2.05) is 20.0 Å². The maximum atomic E-state index is 11.8. The van der Waals surface area contributed by atoms with E-state index in [-0.39, 0.29) is 24.8 Å². The highest BCUT2D eigenvalue weighted by Gasteiger charge is 2.51. The minimum atomic E-state index is -1.32. The first-order chi connectivity index (χ1) is 22.7. The lowest BCUT2D eigenvalue weighted by Crippen LogP contribution is -2.67. The molecule has 12 nitrogen and oxygen atoms in total. The van der Waals surface area contributed by atoms with Gasteiger partial charge in [0.15, 0.2) is 12.6 Å². The number of rotatable bonds is 15. The van der Waals surface area contributed by atoms with Crippen LogP contribution in [-0.4, -0.2) is 121 Å². The highest BCUT2D eigenvalue weighted by molar-refractivity contribution is 5.72. The predicted molar refractivity (Wildman–Crippen MR) is 190 cm³/mol. The molecule has 0 spiro atoms. The molecule has 0 aromatic rings. The monoisotopic (exact) mass is 679 g/mol. The summed E-state index contributed by atoms with van der Waals surface area (Å²) >= 11 is 0. The normalized spacial score (nSPS) is 39.1. The summed E-state index contributed by atoms with van der Waals surface area (Å²) in [6.45, 7) is 12.1. The summed E-state index contributed by atoms with van der Waals surface area (Å²) in [6.07, 6.45) is 7.84. The SMILES string of the molecule is CNC(C)C1CCC(N)C(OC2C(N)CC(/N=C/C=C(\C)CC/C=C(\C)CCC=C(C)C)C(OC3OCC(C)(O)C(NC)C3O)C2O)O1. The summed E-state index contributed by atoms with van der Waals surface area (Å²) in [7, 11) is 3.53. The van der Waals surface area contributed by atoms with Crippen molar-refractivity contribution in [2.75, 3.05) is 20.7 Å². The third-order valence-corrected chi connectivity index (χ3v) is 9.93. The van der Waals surface area contributed by atoms with E-state index in [4.69, 9.17) is 35.4 Å². The standard InChI is InChI=1S/C36H65N5O7/c1-21(2)11-9-12-22(3)13-10-14-23(4)17-18-41-27-19-26(38)31(47-34-25(37)15-16-28(46-34)24(5)39-7)29(42)32(27)48-35-30(43)33(40-8)36(6,44)20-45-35/h11,13,17-18,24-35,39-40,42-44H,9-10,12,14-16,19-20,37-38H2,1-8H3/b22-13+,23-17+,41-18+. The fourth-order valence-corrected chi connectivity index (χ4v) is 6.71. The number of hydrogen-bond acceptors (Lipinski definition) is 12. The van der Waals surface area contributed by atoms with E-state index in [1.165, 1.54) is 16.7 Å². The summed E-state index contributed by atoms with van der Waals surface area (Å²) < 4.78 is 24.7. The molecule has 0 bridgehead atoms. The fraction of sp³-hybridized carbons (Fsp3) is 0.806. The Hall–Kier alpha value is -1.55. The molecule has 3 rings (SSSR count). The zero-order valence-corrected chi connectivity index (χ0v) is 30.5. The molecular weight excluding hydrogens is 614 g/mol. The van der Waals surface area contributed by atoms with Crippen molar-refractivity contribution in [2.45, 2.75) is 165 Å². The van der Waals surface area contributed by atoms with Crippen LogP contribution in [0.4, 0.5) is 0 Å². The maximum absolute atomic E-state index is 11.8. The summed E-state index contributed by atoms with van der Waals surface area (Å²) in [4.78, 5) is 4.80. The highest BCUT2D eigenvalue weighted by atomic mass is 16.7. The number of aliphatic hydroxyl groups excluding tert-OH is 2. The summed E-state index contributed by atoms with van der Waals surface area (Å²) in [5.74, 6) is 0. The number of hydrogen-bond donors (Lipinski definition) is 7. The topological polar surface area (TPSA) is 186 Å². The van der Waals surface area contributed by atoms with Crippen molar-refractivity contribution < 1.29 is 34.3 Å². The number of ether oxygens (including phenoxy) is 4. The number of nitrogens with one attached hydrogen (secondary N) is 2. The number of nitrogens with two attached hydrogens (primary N) is 2. The number of aliphatic imine (C=N–C) groups is 1. The van der Waals surface area contributed by atoms with E-state index in [0.29, 0.717) is 12.8 Å². The molecule has 1 saturated carbocycles. The van der Waals surface area contributed by atoms with Crippen LogP contribution in [0.3, 0.4) is 0 Å². The van der Waals surface area contributed by atoms with Gasteiger partial charge in [0, 0.05) is 18.3 Å². The molecule has 0 amide bonds. The van der Waals surface area contributed by atoms with Crippen molar-refractivity contribution in [1.82, 2.24) is 10.6 Å². The lowest BCUT2D eigenvalue weighted by Gasteiger charge is -2.48. The quantitative estimate of drug-likeness (QED) is 0.0994. The summed E-state index contributed by atoms with van der Waals surface area (Å²) in [6, 6.07) is -2.16. The van der Waals surface area contributed by atoms with Gasteiger partial charge in [-0.2, -0.15) is 0 Å². The van der Waals surface area contributed by atoms with Gasteiger partial charge in [0.2, 0.25) is 0 Å². The van der Waals surface area contributed by atoms with Crippen molar-refractivity contribution in [3.05, 3.63) is 34.9 Å². The first-order valence-corrected chi connectivity index (χ1v) is 17.7. The molecule has 3 fully saturated rings. The second-order valence-corrected chi connectivity index (χ2v) is 14.5. The first kappa shape index (κ1) is 40.9. The largest absolute Gasteiger partial charge is 0.388 e. The van der Waals surface area contributed by atoms with Gasteiger partial charge in [-0.05, 0) is 107 Å². The Morgan fingerprint density at radius 1 is 0.958 bits per heavy atom. The number of likely N-dealkylation sites (N-methyl/N-ethyl adjacent to an activating group) is 2. The molecule has 2 saturated heterocycles. The third-order valence-electron chi connectivity index (χ3n) is 9.93. The van der Waals surface area contributed by atoms with Crippen LogP contribution in [-0.2, 0) is 18.9 Å². The second-order valence-electron chi connectivity index (χ2n) is 14.5. The Balaban J connectivity index is 1.76. The highest BCUT2D eigenvalue weighted by Crippen LogP contribution is 2.33.